The molecule has 0 aliphatic carbocycles. The van der Waals surface area contributed by atoms with Gasteiger partial charge in [-0.3, -0.25) is 10.1 Å². The van der Waals surface area contributed by atoms with E-state index < -0.39 is 4.92 Å². The van der Waals surface area contributed by atoms with Gasteiger partial charge < -0.3 is 10.3 Å². The molecule has 0 aliphatic rings. The summed E-state index contributed by atoms with van der Waals surface area (Å²) >= 11 is 5.89. The van der Waals surface area contributed by atoms with Crippen LogP contribution in [0.25, 0.3) is 11.2 Å². The minimum atomic E-state index is -0.447. The number of benzene rings is 1. The number of aromatic amines is 1. The SMILES string of the molecule is O=[N+]([O-])c1ccc(Cl)cc1CNc1ncnc2[nH]cnc12. The van der Waals surface area contributed by atoms with Crippen LogP contribution in [0.3, 0.4) is 0 Å². The highest BCUT2D eigenvalue weighted by molar-refractivity contribution is 6.30. The van der Waals surface area contributed by atoms with Crippen molar-refractivity contribution in [3.8, 4) is 0 Å². The van der Waals surface area contributed by atoms with Crippen LogP contribution in [0.1, 0.15) is 5.56 Å². The molecule has 1 aromatic carbocycles. The van der Waals surface area contributed by atoms with Crippen molar-refractivity contribution in [1.29, 1.82) is 0 Å². The first-order valence-corrected chi connectivity index (χ1v) is 6.33. The average molecular weight is 305 g/mol. The fraction of sp³-hybridized carbons (Fsp3) is 0.0833. The number of imidazole rings is 1. The first kappa shape index (κ1) is 13.3. The number of nitrogens with zero attached hydrogens (tertiary/aromatic N) is 4. The first-order valence-electron chi connectivity index (χ1n) is 5.96. The van der Waals surface area contributed by atoms with Crippen molar-refractivity contribution in [1.82, 2.24) is 19.9 Å². The van der Waals surface area contributed by atoms with E-state index in [-0.39, 0.29) is 12.2 Å². The largest absolute Gasteiger partial charge is 0.364 e. The van der Waals surface area contributed by atoms with Crippen LogP contribution in [0.2, 0.25) is 5.02 Å². The lowest BCUT2D eigenvalue weighted by Gasteiger charge is -2.07. The second-order valence-electron chi connectivity index (χ2n) is 4.21. The van der Waals surface area contributed by atoms with E-state index in [1.165, 1.54) is 24.8 Å². The number of H-pyrrole nitrogens is 1. The Hall–Kier alpha value is -2.74. The molecule has 3 aromatic rings. The number of aromatic nitrogens is 4. The predicted molar refractivity (Wildman–Crippen MR) is 77.1 cm³/mol. The number of hydrogen-bond donors (Lipinski definition) is 2. The van der Waals surface area contributed by atoms with Crippen molar-refractivity contribution in [3.63, 3.8) is 0 Å². The van der Waals surface area contributed by atoms with Crippen LogP contribution in [0.4, 0.5) is 11.5 Å². The van der Waals surface area contributed by atoms with E-state index in [1.54, 1.807) is 6.07 Å². The van der Waals surface area contributed by atoms with E-state index in [9.17, 15) is 10.1 Å². The third-order valence-corrected chi connectivity index (χ3v) is 3.14. The number of halogens is 1. The highest BCUT2D eigenvalue weighted by Crippen LogP contribution is 2.24. The second kappa shape index (κ2) is 5.33. The van der Waals surface area contributed by atoms with E-state index in [4.69, 9.17) is 11.6 Å². The van der Waals surface area contributed by atoms with Crippen molar-refractivity contribution in [2.45, 2.75) is 6.54 Å². The van der Waals surface area contributed by atoms with Gasteiger partial charge in [-0.15, -0.1) is 0 Å². The summed E-state index contributed by atoms with van der Waals surface area (Å²) < 4.78 is 0. The van der Waals surface area contributed by atoms with E-state index in [2.05, 4.69) is 25.3 Å². The topological polar surface area (TPSA) is 110 Å². The lowest BCUT2D eigenvalue weighted by molar-refractivity contribution is -0.385. The number of hydrogen-bond acceptors (Lipinski definition) is 6. The zero-order chi connectivity index (χ0) is 14.8. The van der Waals surface area contributed by atoms with Crippen molar-refractivity contribution in [2.75, 3.05) is 5.32 Å². The monoisotopic (exact) mass is 304 g/mol. The Morgan fingerprint density at radius 3 is 3.00 bits per heavy atom. The second-order valence-corrected chi connectivity index (χ2v) is 4.64. The minimum Gasteiger partial charge on any atom is -0.364 e. The van der Waals surface area contributed by atoms with Gasteiger partial charge in [-0.05, 0) is 12.1 Å². The highest BCUT2D eigenvalue weighted by Gasteiger charge is 2.14. The Balaban J connectivity index is 1.90. The summed E-state index contributed by atoms with van der Waals surface area (Å²) in [6.45, 7) is 0.204. The molecule has 0 amide bonds. The fourth-order valence-corrected chi connectivity index (χ4v) is 2.14. The minimum absolute atomic E-state index is 0.000715. The zero-order valence-corrected chi connectivity index (χ0v) is 11.3. The van der Waals surface area contributed by atoms with Crippen molar-refractivity contribution >= 4 is 34.3 Å². The van der Waals surface area contributed by atoms with Gasteiger partial charge in [0.2, 0.25) is 0 Å². The lowest BCUT2D eigenvalue weighted by atomic mass is 10.2. The van der Waals surface area contributed by atoms with Crippen LogP contribution >= 0.6 is 11.6 Å². The molecule has 106 valence electrons. The molecule has 8 nitrogen and oxygen atoms in total. The van der Waals surface area contributed by atoms with Gasteiger partial charge in [0, 0.05) is 17.6 Å². The molecule has 0 spiro atoms. The molecule has 21 heavy (non-hydrogen) atoms. The number of anilines is 1. The van der Waals surface area contributed by atoms with Gasteiger partial charge in [-0.2, -0.15) is 0 Å². The van der Waals surface area contributed by atoms with E-state index >= 15 is 0 Å². The maximum Gasteiger partial charge on any atom is 0.274 e. The van der Waals surface area contributed by atoms with Gasteiger partial charge in [0.05, 0.1) is 16.8 Å². The summed E-state index contributed by atoms with van der Waals surface area (Å²) in [5.41, 5.74) is 1.63. The zero-order valence-electron chi connectivity index (χ0n) is 10.6. The summed E-state index contributed by atoms with van der Waals surface area (Å²) in [7, 11) is 0. The van der Waals surface area contributed by atoms with Gasteiger partial charge in [-0.25, -0.2) is 15.0 Å². The molecule has 2 heterocycles. The molecule has 2 aromatic heterocycles. The molecule has 0 unspecified atom stereocenters. The molecule has 0 radical (unpaired) electrons. The van der Waals surface area contributed by atoms with E-state index in [0.29, 0.717) is 27.6 Å². The standard InChI is InChI=1S/C12H9ClN6O2/c13-8-1-2-9(19(20)21)7(3-8)4-14-11-10-12(16-5-15-10)18-6-17-11/h1-3,5-6H,4H2,(H2,14,15,16,17,18). The first-order chi connectivity index (χ1) is 10.1. The van der Waals surface area contributed by atoms with Crippen molar-refractivity contribution in [2.24, 2.45) is 0 Å². The number of nitro groups is 1. The van der Waals surface area contributed by atoms with Crippen LogP contribution in [0.5, 0.6) is 0 Å². The molecule has 0 fully saturated rings. The summed E-state index contributed by atoms with van der Waals surface area (Å²) in [6.07, 6.45) is 2.89. The Labute approximate surface area is 123 Å². The van der Waals surface area contributed by atoms with Crippen molar-refractivity contribution in [3.05, 3.63) is 51.6 Å². The number of rotatable bonds is 4. The van der Waals surface area contributed by atoms with Gasteiger partial charge in [0.15, 0.2) is 11.5 Å². The molecule has 0 saturated carbocycles. The maximum atomic E-state index is 11.0. The molecule has 0 atom stereocenters. The number of nitro benzene ring substituents is 1. The molecular weight excluding hydrogens is 296 g/mol. The molecule has 0 saturated heterocycles. The lowest BCUT2D eigenvalue weighted by Crippen LogP contribution is -2.05. The van der Waals surface area contributed by atoms with Crippen LogP contribution in [0.15, 0.2) is 30.9 Å². The van der Waals surface area contributed by atoms with Gasteiger partial charge in [0.25, 0.3) is 5.69 Å². The maximum absolute atomic E-state index is 11.0. The highest BCUT2D eigenvalue weighted by atomic mass is 35.5. The van der Waals surface area contributed by atoms with Crippen LogP contribution in [-0.4, -0.2) is 24.9 Å². The molecule has 2 N–H and O–H groups in total. The summed E-state index contributed by atoms with van der Waals surface area (Å²) in [5, 5.41) is 14.5. The Kier molecular flexibility index (Phi) is 3.36. The summed E-state index contributed by atoms with van der Waals surface area (Å²) in [4.78, 5) is 25.6. The van der Waals surface area contributed by atoms with Crippen LogP contribution < -0.4 is 5.32 Å². The molecule has 0 bridgehead atoms. The van der Waals surface area contributed by atoms with Gasteiger partial charge >= 0.3 is 0 Å². The molecular formula is C12H9ClN6O2. The third kappa shape index (κ3) is 2.61. The number of fused-ring (bicyclic) bond motifs is 1. The molecule has 0 aliphatic heterocycles. The Morgan fingerprint density at radius 2 is 2.19 bits per heavy atom. The van der Waals surface area contributed by atoms with E-state index in [1.807, 2.05) is 0 Å². The normalized spacial score (nSPS) is 10.7. The predicted octanol–water partition coefficient (Wildman–Crippen LogP) is 2.53. The third-order valence-electron chi connectivity index (χ3n) is 2.90. The fourth-order valence-electron chi connectivity index (χ4n) is 1.95. The molecule has 3 rings (SSSR count). The quantitative estimate of drug-likeness (QED) is 0.566. The smallest absolute Gasteiger partial charge is 0.274 e. The number of nitrogens with one attached hydrogen (secondary N) is 2. The molecule has 9 heteroatoms. The van der Waals surface area contributed by atoms with Gasteiger partial charge in [-0.1, -0.05) is 11.6 Å². The van der Waals surface area contributed by atoms with E-state index in [0.717, 1.165) is 0 Å². The van der Waals surface area contributed by atoms with Crippen LogP contribution in [-0.2, 0) is 6.54 Å². The average Bonchev–Trinajstić information content (AvgIpc) is 2.93. The summed E-state index contributed by atoms with van der Waals surface area (Å²) in [5.74, 6) is 0.496. The summed E-state index contributed by atoms with van der Waals surface area (Å²) in [6, 6.07) is 4.42. The van der Waals surface area contributed by atoms with Gasteiger partial charge in [0.1, 0.15) is 11.8 Å². The van der Waals surface area contributed by atoms with Crippen molar-refractivity contribution < 1.29 is 4.92 Å². The Morgan fingerprint density at radius 1 is 1.33 bits per heavy atom. The van der Waals surface area contributed by atoms with Crippen LogP contribution in [0, 0.1) is 10.1 Å². The Bertz CT molecular complexity index is 818.